The Morgan fingerprint density at radius 2 is 2.23 bits per heavy atom. The standard InChI is InChI=1S/C15H17N3O4/c1-9-6-14(19)22-13-8-12(20-4-5-21-16)11(7-10(9)13)15-17-2-3-18-15/h6-8H,2-5,16H2,1H3,(H,17,18). The quantitative estimate of drug-likeness (QED) is 0.480. The Balaban J connectivity index is 2.11. The Kier molecular flexibility index (Phi) is 4.08. The zero-order chi connectivity index (χ0) is 15.5. The number of aryl methyl sites for hydroxylation is 1. The molecule has 0 bridgehead atoms. The molecule has 0 saturated heterocycles. The SMILES string of the molecule is Cc1cc(=O)oc2cc(OCCON)c(C3=NCCN3)cc12. The number of hydrogen-bond acceptors (Lipinski definition) is 7. The fraction of sp³-hybridized carbons (Fsp3) is 0.333. The van der Waals surface area contributed by atoms with Crippen LogP contribution in [-0.2, 0) is 4.84 Å². The predicted molar refractivity (Wildman–Crippen MR) is 82.3 cm³/mol. The Labute approximate surface area is 126 Å². The minimum Gasteiger partial charge on any atom is -0.490 e. The fourth-order valence-corrected chi connectivity index (χ4v) is 2.43. The summed E-state index contributed by atoms with van der Waals surface area (Å²) >= 11 is 0. The van der Waals surface area contributed by atoms with Crippen LogP contribution < -0.4 is 21.6 Å². The summed E-state index contributed by atoms with van der Waals surface area (Å²) in [7, 11) is 0. The van der Waals surface area contributed by atoms with Crippen LogP contribution in [0.15, 0.2) is 32.4 Å². The number of amidine groups is 1. The van der Waals surface area contributed by atoms with Crippen LogP contribution in [0.1, 0.15) is 11.1 Å². The third-order valence-electron chi connectivity index (χ3n) is 3.44. The molecule has 0 saturated carbocycles. The van der Waals surface area contributed by atoms with Crippen LogP contribution in [-0.4, -0.2) is 32.1 Å². The molecule has 2 heterocycles. The van der Waals surface area contributed by atoms with E-state index in [0.717, 1.165) is 35.4 Å². The maximum atomic E-state index is 11.5. The van der Waals surface area contributed by atoms with Gasteiger partial charge in [-0.1, -0.05) is 0 Å². The second kappa shape index (κ2) is 6.17. The lowest BCUT2D eigenvalue weighted by Gasteiger charge is -2.13. The van der Waals surface area contributed by atoms with Gasteiger partial charge in [-0.05, 0) is 18.6 Å². The van der Waals surface area contributed by atoms with Crippen LogP contribution in [0.4, 0.5) is 0 Å². The molecule has 0 aliphatic carbocycles. The number of nitrogens with zero attached hydrogens (tertiary/aromatic N) is 1. The van der Waals surface area contributed by atoms with Gasteiger partial charge in [0.15, 0.2) is 0 Å². The summed E-state index contributed by atoms with van der Waals surface area (Å²) in [5, 5.41) is 4.08. The Morgan fingerprint density at radius 1 is 1.36 bits per heavy atom. The maximum Gasteiger partial charge on any atom is 0.336 e. The molecule has 7 nitrogen and oxygen atoms in total. The van der Waals surface area contributed by atoms with Gasteiger partial charge in [0.1, 0.15) is 30.4 Å². The highest BCUT2D eigenvalue weighted by molar-refractivity contribution is 6.05. The van der Waals surface area contributed by atoms with Crippen LogP contribution in [0.5, 0.6) is 5.75 Å². The molecule has 1 aliphatic rings. The Hall–Kier alpha value is -2.38. The molecule has 0 unspecified atom stereocenters. The van der Waals surface area contributed by atoms with Crippen LogP contribution in [0.25, 0.3) is 11.0 Å². The molecule has 3 N–H and O–H groups in total. The minimum absolute atomic E-state index is 0.259. The summed E-state index contributed by atoms with van der Waals surface area (Å²) in [6.45, 7) is 3.94. The average Bonchev–Trinajstić information content (AvgIpc) is 3.00. The van der Waals surface area contributed by atoms with E-state index in [-0.39, 0.29) is 12.2 Å². The van der Waals surface area contributed by atoms with E-state index in [4.69, 9.17) is 15.1 Å². The normalized spacial score (nSPS) is 14.0. The van der Waals surface area contributed by atoms with Gasteiger partial charge in [0, 0.05) is 24.1 Å². The number of rotatable bonds is 5. The van der Waals surface area contributed by atoms with Gasteiger partial charge < -0.3 is 19.3 Å². The molecular weight excluding hydrogens is 286 g/mol. The summed E-state index contributed by atoms with van der Waals surface area (Å²) in [6.07, 6.45) is 0. The van der Waals surface area contributed by atoms with Crippen molar-refractivity contribution in [1.29, 1.82) is 0 Å². The fourth-order valence-electron chi connectivity index (χ4n) is 2.43. The van der Waals surface area contributed by atoms with E-state index in [0.29, 0.717) is 17.9 Å². The number of fused-ring (bicyclic) bond motifs is 1. The number of nitrogens with one attached hydrogen (secondary N) is 1. The van der Waals surface area contributed by atoms with Gasteiger partial charge in [0.05, 0.1) is 12.1 Å². The van der Waals surface area contributed by atoms with Gasteiger partial charge >= 0.3 is 5.63 Å². The van der Waals surface area contributed by atoms with Gasteiger partial charge in [0.2, 0.25) is 0 Å². The lowest BCUT2D eigenvalue weighted by molar-refractivity contribution is 0.102. The molecular formula is C15H17N3O4. The second-order valence-electron chi connectivity index (χ2n) is 4.97. The number of ether oxygens (including phenoxy) is 1. The molecule has 0 radical (unpaired) electrons. The van der Waals surface area contributed by atoms with Crippen molar-refractivity contribution in [1.82, 2.24) is 5.32 Å². The molecule has 7 heteroatoms. The number of aliphatic imine (C=N–C) groups is 1. The lowest BCUT2D eigenvalue weighted by atomic mass is 10.1. The Bertz CT molecular complexity index is 782. The van der Waals surface area contributed by atoms with Crippen molar-refractivity contribution in [3.63, 3.8) is 0 Å². The van der Waals surface area contributed by atoms with Crippen LogP contribution in [0.3, 0.4) is 0 Å². The third-order valence-corrected chi connectivity index (χ3v) is 3.44. The summed E-state index contributed by atoms with van der Waals surface area (Å²) in [5.41, 5.74) is 1.78. The molecule has 1 aromatic heterocycles. The zero-order valence-electron chi connectivity index (χ0n) is 12.2. The Morgan fingerprint density at radius 3 is 2.95 bits per heavy atom. The molecule has 0 amide bonds. The molecule has 116 valence electrons. The van der Waals surface area contributed by atoms with Gasteiger partial charge in [0.25, 0.3) is 0 Å². The van der Waals surface area contributed by atoms with Crippen molar-refractivity contribution >= 4 is 16.8 Å². The van der Waals surface area contributed by atoms with E-state index in [1.807, 2.05) is 13.0 Å². The van der Waals surface area contributed by atoms with Crippen LogP contribution >= 0.6 is 0 Å². The first kappa shape index (κ1) is 14.6. The van der Waals surface area contributed by atoms with Gasteiger partial charge in [-0.15, -0.1) is 0 Å². The molecule has 0 fully saturated rings. The molecule has 1 aromatic carbocycles. The summed E-state index contributed by atoms with van der Waals surface area (Å²) in [6, 6.07) is 5.10. The van der Waals surface area contributed by atoms with E-state index in [1.165, 1.54) is 6.07 Å². The van der Waals surface area contributed by atoms with E-state index in [1.54, 1.807) is 6.07 Å². The third kappa shape index (κ3) is 2.81. The topological polar surface area (TPSA) is 99.1 Å². The molecule has 2 aromatic rings. The molecule has 22 heavy (non-hydrogen) atoms. The number of nitrogens with two attached hydrogens (primary N) is 1. The average molecular weight is 303 g/mol. The smallest absolute Gasteiger partial charge is 0.336 e. The first-order valence-electron chi connectivity index (χ1n) is 7.00. The van der Waals surface area contributed by atoms with Crippen LogP contribution in [0, 0.1) is 6.92 Å². The van der Waals surface area contributed by atoms with E-state index in [9.17, 15) is 4.79 Å². The van der Waals surface area contributed by atoms with Crippen molar-refractivity contribution in [3.8, 4) is 5.75 Å². The van der Waals surface area contributed by atoms with Crippen molar-refractivity contribution in [2.24, 2.45) is 10.9 Å². The summed E-state index contributed by atoms with van der Waals surface area (Å²) in [5.74, 6) is 6.36. The van der Waals surface area contributed by atoms with Crippen LogP contribution in [0.2, 0.25) is 0 Å². The first-order chi connectivity index (χ1) is 10.7. The molecule has 3 rings (SSSR count). The van der Waals surface area contributed by atoms with Crippen molar-refractivity contribution < 1.29 is 14.0 Å². The van der Waals surface area contributed by atoms with E-state index >= 15 is 0 Å². The number of benzene rings is 1. The van der Waals surface area contributed by atoms with Gasteiger partial charge in [-0.25, -0.2) is 10.7 Å². The van der Waals surface area contributed by atoms with Crippen molar-refractivity contribution in [2.75, 3.05) is 26.3 Å². The predicted octanol–water partition coefficient (Wildman–Crippen LogP) is 0.720. The van der Waals surface area contributed by atoms with Gasteiger partial charge in [-0.3, -0.25) is 4.99 Å². The largest absolute Gasteiger partial charge is 0.490 e. The van der Waals surface area contributed by atoms with Gasteiger partial charge in [-0.2, -0.15) is 0 Å². The first-order valence-corrected chi connectivity index (χ1v) is 7.00. The van der Waals surface area contributed by atoms with E-state index in [2.05, 4.69) is 15.1 Å². The van der Waals surface area contributed by atoms with Crippen molar-refractivity contribution in [2.45, 2.75) is 6.92 Å². The summed E-state index contributed by atoms with van der Waals surface area (Å²) < 4.78 is 10.9. The molecule has 0 spiro atoms. The lowest BCUT2D eigenvalue weighted by Crippen LogP contribution is -2.21. The highest BCUT2D eigenvalue weighted by Gasteiger charge is 2.17. The highest BCUT2D eigenvalue weighted by Crippen LogP contribution is 2.28. The summed E-state index contributed by atoms with van der Waals surface area (Å²) in [4.78, 5) is 20.5. The van der Waals surface area contributed by atoms with Crippen molar-refractivity contribution in [3.05, 3.63) is 39.7 Å². The monoisotopic (exact) mass is 303 g/mol. The minimum atomic E-state index is -0.384. The zero-order valence-corrected chi connectivity index (χ0v) is 12.2. The highest BCUT2D eigenvalue weighted by atomic mass is 16.6. The van der Waals surface area contributed by atoms with E-state index < -0.39 is 0 Å². The molecule has 0 atom stereocenters. The molecule has 1 aliphatic heterocycles. The second-order valence-corrected chi connectivity index (χ2v) is 4.97. The maximum absolute atomic E-state index is 11.5. The number of hydrogen-bond donors (Lipinski definition) is 2.